The average molecular weight is 280 g/mol. The van der Waals surface area contributed by atoms with Gasteiger partial charge < -0.3 is 10.5 Å². The number of nitriles is 1. The monoisotopic (exact) mass is 280 g/mol. The van der Waals surface area contributed by atoms with Crippen LogP contribution in [0.2, 0.25) is 0 Å². The van der Waals surface area contributed by atoms with Crippen LogP contribution in [0.3, 0.4) is 0 Å². The molecule has 106 valence electrons. The van der Waals surface area contributed by atoms with Gasteiger partial charge in [0, 0.05) is 5.69 Å². The van der Waals surface area contributed by atoms with Crippen LogP contribution in [-0.4, -0.2) is 10.2 Å². The summed E-state index contributed by atoms with van der Waals surface area (Å²) in [4.78, 5) is 0. The zero-order chi connectivity index (χ0) is 15.0. The smallest absolute Gasteiger partial charge is 0.244 e. The Kier molecular flexibility index (Phi) is 3.15. The molecule has 1 aliphatic heterocycles. The van der Waals surface area contributed by atoms with Gasteiger partial charge in [0.1, 0.15) is 11.6 Å². The fourth-order valence-electron chi connectivity index (χ4n) is 2.69. The predicted molar refractivity (Wildman–Crippen MR) is 78.4 cm³/mol. The maximum absolute atomic E-state index is 9.49. The summed E-state index contributed by atoms with van der Waals surface area (Å²) in [7, 11) is 0. The molecule has 1 aromatic heterocycles. The first-order chi connectivity index (χ1) is 10.1. The number of fused-ring (bicyclic) bond motifs is 1. The predicted octanol–water partition coefficient (Wildman–Crippen LogP) is 2.75. The second-order valence-electron chi connectivity index (χ2n) is 5.35. The molecule has 0 aliphatic carbocycles. The van der Waals surface area contributed by atoms with Crippen molar-refractivity contribution in [2.45, 2.75) is 25.7 Å². The standard InChI is InChI=1S/C16H16N4O/c1-9(2)14-13-12(10-6-4-3-5-7-10)11(8-17)15(18)21-16(13)20-19-14/h3-7,9,12H,18H2,1-2H3,(H,19,20)/t12-/m0/s1. The Morgan fingerprint density at radius 1 is 1.33 bits per heavy atom. The van der Waals surface area contributed by atoms with Crippen LogP contribution in [0.1, 0.15) is 42.5 Å². The second-order valence-corrected chi connectivity index (χ2v) is 5.35. The Labute approximate surface area is 123 Å². The summed E-state index contributed by atoms with van der Waals surface area (Å²) in [5.74, 6) is 0.594. The first-order valence-corrected chi connectivity index (χ1v) is 6.84. The summed E-state index contributed by atoms with van der Waals surface area (Å²) < 4.78 is 5.51. The molecule has 1 atom stereocenters. The van der Waals surface area contributed by atoms with Crippen LogP contribution in [0.4, 0.5) is 0 Å². The Morgan fingerprint density at radius 3 is 2.67 bits per heavy atom. The van der Waals surface area contributed by atoms with E-state index < -0.39 is 0 Å². The summed E-state index contributed by atoms with van der Waals surface area (Å²) in [6, 6.07) is 12.0. The number of benzene rings is 1. The maximum atomic E-state index is 9.49. The molecule has 0 saturated heterocycles. The number of aromatic nitrogens is 2. The van der Waals surface area contributed by atoms with Crippen molar-refractivity contribution in [1.29, 1.82) is 5.26 Å². The highest BCUT2D eigenvalue weighted by atomic mass is 16.5. The van der Waals surface area contributed by atoms with E-state index in [1.807, 2.05) is 30.3 Å². The van der Waals surface area contributed by atoms with Crippen LogP contribution in [0.15, 0.2) is 41.8 Å². The lowest BCUT2D eigenvalue weighted by molar-refractivity contribution is 0.378. The lowest BCUT2D eigenvalue weighted by Crippen LogP contribution is -2.21. The van der Waals surface area contributed by atoms with E-state index in [1.165, 1.54) is 0 Å². The molecule has 5 heteroatoms. The highest BCUT2D eigenvalue weighted by molar-refractivity contribution is 5.55. The minimum absolute atomic E-state index is 0.126. The molecule has 2 heterocycles. The van der Waals surface area contributed by atoms with Crippen LogP contribution >= 0.6 is 0 Å². The number of hydrogen-bond acceptors (Lipinski definition) is 4. The summed E-state index contributed by atoms with van der Waals surface area (Å²) in [6.45, 7) is 4.15. The van der Waals surface area contributed by atoms with Crippen LogP contribution < -0.4 is 10.5 Å². The maximum Gasteiger partial charge on any atom is 0.244 e. The first-order valence-electron chi connectivity index (χ1n) is 6.84. The van der Waals surface area contributed by atoms with Gasteiger partial charge in [-0.15, -0.1) is 5.10 Å². The fraction of sp³-hybridized carbons (Fsp3) is 0.250. The summed E-state index contributed by atoms with van der Waals surface area (Å²) in [5.41, 5.74) is 9.21. The highest BCUT2D eigenvalue weighted by Gasteiger charge is 2.35. The molecular formula is C16H16N4O. The van der Waals surface area contributed by atoms with E-state index in [2.05, 4.69) is 30.1 Å². The molecule has 0 saturated carbocycles. The van der Waals surface area contributed by atoms with Crippen LogP contribution in [0, 0.1) is 11.3 Å². The quantitative estimate of drug-likeness (QED) is 0.885. The third-order valence-corrected chi connectivity index (χ3v) is 3.68. The molecule has 0 bridgehead atoms. The molecule has 5 nitrogen and oxygen atoms in total. The number of hydrogen-bond donors (Lipinski definition) is 2. The van der Waals surface area contributed by atoms with E-state index in [9.17, 15) is 5.26 Å². The molecule has 0 unspecified atom stereocenters. The number of ether oxygens (including phenoxy) is 1. The van der Waals surface area contributed by atoms with E-state index in [1.54, 1.807) is 0 Å². The molecule has 3 rings (SSSR count). The number of nitrogens with one attached hydrogen (secondary N) is 1. The molecule has 0 spiro atoms. The van der Waals surface area contributed by atoms with Crippen LogP contribution in [0.25, 0.3) is 0 Å². The molecular weight excluding hydrogens is 264 g/mol. The average Bonchev–Trinajstić information content (AvgIpc) is 2.90. The molecule has 3 N–H and O–H groups in total. The molecule has 0 amide bonds. The van der Waals surface area contributed by atoms with Gasteiger partial charge in [0.15, 0.2) is 0 Å². The van der Waals surface area contributed by atoms with Crippen molar-refractivity contribution >= 4 is 0 Å². The van der Waals surface area contributed by atoms with Gasteiger partial charge in [0.05, 0.1) is 11.5 Å². The van der Waals surface area contributed by atoms with Gasteiger partial charge in [-0.1, -0.05) is 44.2 Å². The van der Waals surface area contributed by atoms with E-state index in [-0.39, 0.29) is 17.7 Å². The van der Waals surface area contributed by atoms with E-state index in [0.29, 0.717) is 11.5 Å². The number of H-pyrrole nitrogens is 1. The normalized spacial score (nSPS) is 17.3. The van der Waals surface area contributed by atoms with E-state index in [4.69, 9.17) is 10.5 Å². The molecule has 0 fully saturated rings. The molecule has 21 heavy (non-hydrogen) atoms. The summed E-state index contributed by atoms with van der Waals surface area (Å²) >= 11 is 0. The van der Waals surface area contributed by atoms with Gasteiger partial charge in [-0.2, -0.15) is 5.26 Å². The number of nitrogens with two attached hydrogens (primary N) is 1. The van der Waals surface area contributed by atoms with Crippen molar-refractivity contribution in [1.82, 2.24) is 10.2 Å². The number of allylic oxidation sites excluding steroid dienone is 1. The largest absolute Gasteiger partial charge is 0.420 e. The van der Waals surface area contributed by atoms with Crippen molar-refractivity contribution in [3.63, 3.8) is 0 Å². The Bertz CT molecular complexity index is 737. The van der Waals surface area contributed by atoms with Crippen molar-refractivity contribution in [2.75, 3.05) is 0 Å². The van der Waals surface area contributed by atoms with Crippen LogP contribution in [-0.2, 0) is 0 Å². The topological polar surface area (TPSA) is 87.7 Å². The highest BCUT2D eigenvalue weighted by Crippen LogP contribution is 2.44. The zero-order valence-corrected chi connectivity index (χ0v) is 11.9. The third kappa shape index (κ3) is 2.05. The van der Waals surface area contributed by atoms with Gasteiger partial charge in [-0.25, -0.2) is 0 Å². The Morgan fingerprint density at radius 2 is 2.05 bits per heavy atom. The third-order valence-electron chi connectivity index (χ3n) is 3.68. The summed E-state index contributed by atoms with van der Waals surface area (Å²) in [5, 5.41) is 16.7. The van der Waals surface area contributed by atoms with Gasteiger partial charge in [0.2, 0.25) is 11.8 Å². The fourth-order valence-corrected chi connectivity index (χ4v) is 2.69. The van der Waals surface area contributed by atoms with Gasteiger partial charge in [0.25, 0.3) is 0 Å². The number of nitrogens with zero attached hydrogens (tertiary/aromatic N) is 2. The molecule has 1 aromatic carbocycles. The zero-order valence-electron chi connectivity index (χ0n) is 11.9. The Hall–Kier alpha value is -2.74. The molecule has 1 aliphatic rings. The van der Waals surface area contributed by atoms with Gasteiger partial charge >= 0.3 is 0 Å². The molecule has 2 aromatic rings. The van der Waals surface area contributed by atoms with E-state index >= 15 is 0 Å². The van der Waals surface area contributed by atoms with Gasteiger partial charge in [-0.3, -0.25) is 5.10 Å². The lowest BCUT2D eigenvalue weighted by Gasteiger charge is -2.24. The van der Waals surface area contributed by atoms with Crippen molar-refractivity contribution in [2.24, 2.45) is 5.73 Å². The SMILES string of the molecule is CC(C)c1[nH]nc2c1[C@@H](c1ccccc1)C(C#N)=C(N)O2. The van der Waals surface area contributed by atoms with Crippen molar-refractivity contribution < 1.29 is 4.74 Å². The number of aromatic amines is 1. The van der Waals surface area contributed by atoms with Crippen LogP contribution in [0.5, 0.6) is 5.88 Å². The van der Waals surface area contributed by atoms with Gasteiger partial charge in [-0.05, 0) is 11.5 Å². The summed E-state index contributed by atoms with van der Waals surface area (Å²) in [6.07, 6.45) is 0. The lowest BCUT2D eigenvalue weighted by atomic mass is 9.82. The first kappa shape index (κ1) is 13.3. The van der Waals surface area contributed by atoms with E-state index in [0.717, 1.165) is 16.8 Å². The number of rotatable bonds is 2. The second kappa shape index (κ2) is 4.98. The van der Waals surface area contributed by atoms with Crippen molar-refractivity contribution in [3.05, 3.63) is 58.6 Å². The Balaban J connectivity index is 2.25. The van der Waals surface area contributed by atoms with Crippen molar-refractivity contribution in [3.8, 4) is 11.9 Å². The minimum atomic E-state index is -0.240. The minimum Gasteiger partial charge on any atom is -0.420 e. The molecule has 0 radical (unpaired) electrons.